The van der Waals surface area contributed by atoms with E-state index in [4.69, 9.17) is 9.94 Å². The summed E-state index contributed by atoms with van der Waals surface area (Å²) in [7, 11) is 0. The summed E-state index contributed by atoms with van der Waals surface area (Å²) >= 11 is 0. The molecule has 9 heavy (non-hydrogen) atoms. The third kappa shape index (κ3) is 1.27. The molecule has 0 radical (unpaired) electrons. The first-order valence-corrected chi connectivity index (χ1v) is 2.73. The lowest BCUT2D eigenvalue weighted by Gasteiger charge is -2.00. The fourth-order valence-corrected chi connectivity index (χ4v) is 0.528. The topological polar surface area (TPSA) is 61.9 Å². The molecule has 0 aromatic heterocycles. The number of ether oxygens (including phenoxy) is 1. The van der Waals surface area contributed by atoms with Crippen LogP contribution in [0.2, 0.25) is 0 Å². The molecular formula is C5H9NO3. The van der Waals surface area contributed by atoms with Crippen molar-refractivity contribution < 1.29 is 14.7 Å². The predicted octanol–water partition coefficient (Wildman–Crippen LogP) is -0.677. The van der Waals surface area contributed by atoms with Gasteiger partial charge in [0.2, 0.25) is 0 Å². The van der Waals surface area contributed by atoms with Crippen molar-refractivity contribution in [3.05, 3.63) is 0 Å². The molecule has 1 heterocycles. The number of hydrogen-bond acceptors (Lipinski definition) is 4. The lowest BCUT2D eigenvalue weighted by molar-refractivity contribution is -0.124. The van der Waals surface area contributed by atoms with Crippen molar-refractivity contribution in [2.24, 2.45) is 0 Å². The Morgan fingerprint density at radius 1 is 2.00 bits per heavy atom. The van der Waals surface area contributed by atoms with Gasteiger partial charge >= 0.3 is 0 Å². The minimum atomic E-state index is -0.601. The van der Waals surface area contributed by atoms with Gasteiger partial charge in [0.25, 0.3) is 0 Å². The van der Waals surface area contributed by atoms with Crippen LogP contribution in [0.5, 0.6) is 0 Å². The fourth-order valence-electron chi connectivity index (χ4n) is 0.528. The van der Waals surface area contributed by atoms with Gasteiger partial charge in [0.15, 0.2) is 5.78 Å². The first-order valence-electron chi connectivity index (χ1n) is 2.73. The van der Waals surface area contributed by atoms with Crippen LogP contribution in [0.1, 0.15) is 6.92 Å². The van der Waals surface area contributed by atoms with Gasteiger partial charge in [-0.2, -0.15) is 5.48 Å². The van der Waals surface area contributed by atoms with E-state index in [9.17, 15) is 4.79 Å². The zero-order chi connectivity index (χ0) is 6.91. The first-order chi connectivity index (χ1) is 4.19. The van der Waals surface area contributed by atoms with E-state index in [1.165, 1.54) is 0 Å². The van der Waals surface area contributed by atoms with Crippen molar-refractivity contribution in [1.29, 1.82) is 0 Å². The van der Waals surface area contributed by atoms with Crippen LogP contribution in [0.4, 0.5) is 0 Å². The monoisotopic (exact) mass is 131 g/mol. The second-order valence-electron chi connectivity index (χ2n) is 2.28. The zero-order valence-electron chi connectivity index (χ0n) is 5.18. The van der Waals surface area contributed by atoms with E-state index >= 15 is 0 Å². The van der Waals surface area contributed by atoms with Gasteiger partial charge in [-0.05, 0) is 6.92 Å². The standard InChI is InChI=1S/C5H9NO3/c1-5(3-9-5)4(7)2-6-8/h6,8H,2-3H2,1H3/t5-/m1/s1. The highest BCUT2D eigenvalue weighted by Gasteiger charge is 2.46. The molecule has 0 spiro atoms. The second-order valence-corrected chi connectivity index (χ2v) is 2.28. The Morgan fingerprint density at radius 2 is 2.56 bits per heavy atom. The molecule has 4 heteroatoms. The summed E-state index contributed by atoms with van der Waals surface area (Å²) in [6, 6.07) is 0. The van der Waals surface area contributed by atoms with Gasteiger partial charge < -0.3 is 9.94 Å². The van der Waals surface area contributed by atoms with Crippen molar-refractivity contribution in [3.8, 4) is 0 Å². The molecular weight excluding hydrogens is 122 g/mol. The molecule has 0 unspecified atom stereocenters. The summed E-state index contributed by atoms with van der Waals surface area (Å²) in [6.07, 6.45) is 0. The summed E-state index contributed by atoms with van der Waals surface area (Å²) in [5.41, 5.74) is 1.18. The van der Waals surface area contributed by atoms with E-state index < -0.39 is 5.60 Å². The SMILES string of the molecule is C[C@]1(C(=O)CNO)CO1. The average Bonchev–Trinajstić information content (AvgIpc) is 2.50. The van der Waals surface area contributed by atoms with E-state index in [1.807, 2.05) is 0 Å². The van der Waals surface area contributed by atoms with Gasteiger partial charge in [0.1, 0.15) is 5.60 Å². The molecule has 1 rings (SSSR count). The summed E-state index contributed by atoms with van der Waals surface area (Å²) < 4.78 is 4.81. The van der Waals surface area contributed by atoms with E-state index in [2.05, 4.69) is 0 Å². The van der Waals surface area contributed by atoms with Gasteiger partial charge in [-0.25, -0.2) is 0 Å². The van der Waals surface area contributed by atoms with Gasteiger partial charge in [-0.15, -0.1) is 0 Å². The summed E-state index contributed by atoms with van der Waals surface area (Å²) in [5.74, 6) is -0.106. The van der Waals surface area contributed by atoms with Crippen molar-refractivity contribution >= 4 is 5.78 Å². The van der Waals surface area contributed by atoms with Gasteiger partial charge in [0, 0.05) is 0 Å². The first kappa shape index (κ1) is 6.67. The molecule has 0 aromatic rings. The molecule has 4 nitrogen and oxygen atoms in total. The quantitative estimate of drug-likeness (QED) is 0.393. The molecule has 1 saturated heterocycles. The third-order valence-electron chi connectivity index (χ3n) is 1.41. The van der Waals surface area contributed by atoms with Crippen LogP contribution in [0.3, 0.4) is 0 Å². The van der Waals surface area contributed by atoms with Crippen molar-refractivity contribution in [2.75, 3.05) is 13.2 Å². The van der Waals surface area contributed by atoms with E-state index in [1.54, 1.807) is 12.4 Å². The number of carbonyl (C=O) groups is 1. The molecule has 1 aliphatic heterocycles. The summed E-state index contributed by atoms with van der Waals surface area (Å²) in [4.78, 5) is 10.8. The van der Waals surface area contributed by atoms with Crippen molar-refractivity contribution in [3.63, 3.8) is 0 Å². The number of hydroxylamine groups is 1. The van der Waals surface area contributed by atoms with Crippen LogP contribution < -0.4 is 5.48 Å². The van der Waals surface area contributed by atoms with Gasteiger partial charge in [-0.3, -0.25) is 4.79 Å². The predicted molar refractivity (Wildman–Crippen MR) is 29.2 cm³/mol. The van der Waals surface area contributed by atoms with Crippen molar-refractivity contribution in [1.82, 2.24) is 5.48 Å². The zero-order valence-corrected chi connectivity index (χ0v) is 5.18. The Morgan fingerprint density at radius 3 is 2.89 bits per heavy atom. The maximum absolute atomic E-state index is 10.8. The molecule has 1 atom stereocenters. The van der Waals surface area contributed by atoms with Crippen molar-refractivity contribution in [2.45, 2.75) is 12.5 Å². The maximum atomic E-state index is 10.8. The molecule has 52 valence electrons. The Labute approximate surface area is 52.8 Å². The smallest absolute Gasteiger partial charge is 0.182 e. The summed E-state index contributed by atoms with van der Waals surface area (Å²) in [5, 5.41) is 8.10. The fraction of sp³-hybridized carbons (Fsp3) is 0.800. The number of rotatable bonds is 3. The number of nitrogens with one attached hydrogen (secondary N) is 1. The highest BCUT2D eigenvalue weighted by molar-refractivity contribution is 5.90. The van der Waals surface area contributed by atoms with Crippen LogP contribution in [-0.2, 0) is 9.53 Å². The highest BCUT2D eigenvalue weighted by Crippen LogP contribution is 2.26. The van der Waals surface area contributed by atoms with Gasteiger partial charge in [-0.1, -0.05) is 0 Å². The van der Waals surface area contributed by atoms with Crippen LogP contribution in [-0.4, -0.2) is 29.7 Å². The lowest BCUT2D eigenvalue weighted by Crippen LogP contribution is -2.30. The molecule has 0 saturated carbocycles. The number of Topliss-reactive ketones (excluding diaryl/α,β-unsaturated/α-hetero) is 1. The normalized spacial score (nSPS) is 32.2. The van der Waals surface area contributed by atoms with Crippen LogP contribution in [0, 0.1) is 0 Å². The Balaban J connectivity index is 2.34. The Hall–Kier alpha value is -0.450. The number of ketones is 1. The largest absolute Gasteiger partial charge is 0.362 e. The Bertz CT molecular complexity index is 130. The molecule has 0 aliphatic carbocycles. The van der Waals surface area contributed by atoms with Crippen LogP contribution >= 0.6 is 0 Å². The third-order valence-corrected chi connectivity index (χ3v) is 1.41. The molecule has 2 N–H and O–H groups in total. The molecule has 1 fully saturated rings. The molecule has 0 aromatic carbocycles. The van der Waals surface area contributed by atoms with E-state index in [-0.39, 0.29) is 12.3 Å². The minimum Gasteiger partial charge on any atom is -0.362 e. The van der Waals surface area contributed by atoms with Crippen LogP contribution in [0.15, 0.2) is 0 Å². The van der Waals surface area contributed by atoms with E-state index in [0.29, 0.717) is 6.61 Å². The molecule has 0 amide bonds. The second kappa shape index (κ2) is 2.06. The summed E-state index contributed by atoms with van der Waals surface area (Å²) in [6.45, 7) is 2.15. The maximum Gasteiger partial charge on any atom is 0.182 e. The molecule has 1 aliphatic rings. The number of carbonyl (C=O) groups excluding carboxylic acids is 1. The molecule has 0 bridgehead atoms. The number of epoxide rings is 1. The lowest BCUT2D eigenvalue weighted by atomic mass is 10.1. The van der Waals surface area contributed by atoms with Gasteiger partial charge in [0.05, 0.1) is 13.2 Å². The van der Waals surface area contributed by atoms with E-state index in [0.717, 1.165) is 0 Å². The number of hydrogen-bond donors (Lipinski definition) is 2. The minimum absolute atomic E-state index is 0.0312. The average molecular weight is 131 g/mol. The Kier molecular flexibility index (Phi) is 1.52. The highest BCUT2D eigenvalue weighted by atomic mass is 16.6. The van der Waals surface area contributed by atoms with Crippen LogP contribution in [0.25, 0.3) is 0 Å².